The van der Waals surface area contributed by atoms with E-state index in [4.69, 9.17) is 9.47 Å². The lowest BCUT2D eigenvalue weighted by molar-refractivity contribution is 0.311. The predicted molar refractivity (Wildman–Crippen MR) is 127 cm³/mol. The van der Waals surface area contributed by atoms with Gasteiger partial charge in [0.15, 0.2) is 17.5 Å². The molecule has 8 heteroatoms. The van der Waals surface area contributed by atoms with Gasteiger partial charge < -0.3 is 20.1 Å². The predicted octanol–water partition coefficient (Wildman–Crippen LogP) is 4.09. The van der Waals surface area contributed by atoms with Crippen molar-refractivity contribution in [2.45, 2.75) is 13.5 Å². The standard InChI is InChI=1S/C21H25N5O2.HI/c1-4-28-19-11-10-16(14-20(19)27-3)24-21(22-2)23-15-17-12-13-26(25-17)18-8-6-5-7-9-18;/h5-14H,4,15H2,1-3H3,(H2,22,23,24);1H. The van der Waals surface area contributed by atoms with Crippen molar-refractivity contribution in [3.63, 3.8) is 0 Å². The van der Waals surface area contributed by atoms with Gasteiger partial charge in [-0.3, -0.25) is 4.99 Å². The Kier molecular flexibility index (Phi) is 8.78. The number of hydrogen-bond donors (Lipinski definition) is 2. The Morgan fingerprint density at radius 2 is 1.90 bits per heavy atom. The fourth-order valence-electron chi connectivity index (χ4n) is 2.69. The van der Waals surface area contributed by atoms with Gasteiger partial charge in [0.05, 0.1) is 31.6 Å². The molecule has 3 rings (SSSR count). The summed E-state index contributed by atoms with van der Waals surface area (Å²) in [7, 11) is 3.35. The maximum Gasteiger partial charge on any atom is 0.195 e. The van der Waals surface area contributed by atoms with E-state index in [0.717, 1.165) is 17.1 Å². The Balaban J connectivity index is 0.00000300. The number of guanidine groups is 1. The van der Waals surface area contributed by atoms with Gasteiger partial charge in [0.2, 0.25) is 0 Å². The lowest BCUT2D eigenvalue weighted by Gasteiger charge is -2.14. The number of aliphatic imine (C=N–C) groups is 1. The van der Waals surface area contributed by atoms with Gasteiger partial charge in [0.25, 0.3) is 0 Å². The molecule has 1 heterocycles. The van der Waals surface area contributed by atoms with Crippen LogP contribution in [0.15, 0.2) is 65.8 Å². The summed E-state index contributed by atoms with van der Waals surface area (Å²) >= 11 is 0. The molecule has 29 heavy (non-hydrogen) atoms. The molecule has 0 amide bonds. The molecule has 0 fully saturated rings. The monoisotopic (exact) mass is 507 g/mol. The summed E-state index contributed by atoms with van der Waals surface area (Å²) in [4.78, 5) is 4.27. The minimum atomic E-state index is 0. The van der Waals surface area contributed by atoms with E-state index < -0.39 is 0 Å². The number of rotatable bonds is 7. The molecular weight excluding hydrogens is 481 g/mol. The van der Waals surface area contributed by atoms with Crippen molar-refractivity contribution in [1.82, 2.24) is 15.1 Å². The maximum atomic E-state index is 5.55. The fraction of sp³-hybridized carbons (Fsp3) is 0.238. The van der Waals surface area contributed by atoms with Gasteiger partial charge >= 0.3 is 0 Å². The highest BCUT2D eigenvalue weighted by Crippen LogP contribution is 2.30. The molecule has 0 saturated heterocycles. The molecule has 7 nitrogen and oxygen atoms in total. The topological polar surface area (TPSA) is 72.7 Å². The molecule has 0 saturated carbocycles. The van der Waals surface area contributed by atoms with Crippen LogP contribution in [-0.2, 0) is 6.54 Å². The Morgan fingerprint density at radius 1 is 1.10 bits per heavy atom. The summed E-state index contributed by atoms with van der Waals surface area (Å²) in [5.74, 6) is 2.02. The molecule has 0 unspecified atom stereocenters. The van der Waals surface area contributed by atoms with Crippen LogP contribution < -0.4 is 20.1 Å². The average Bonchev–Trinajstić information content (AvgIpc) is 3.22. The Bertz CT molecular complexity index is 928. The summed E-state index contributed by atoms with van der Waals surface area (Å²) in [5.41, 5.74) is 2.79. The molecule has 0 aliphatic carbocycles. The van der Waals surface area contributed by atoms with E-state index in [1.807, 2.05) is 72.4 Å². The van der Waals surface area contributed by atoms with Crippen molar-refractivity contribution in [2.24, 2.45) is 4.99 Å². The number of halogens is 1. The number of benzene rings is 2. The van der Waals surface area contributed by atoms with Crippen LogP contribution in [0, 0.1) is 0 Å². The van der Waals surface area contributed by atoms with Gasteiger partial charge in [-0.1, -0.05) is 18.2 Å². The van der Waals surface area contributed by atoms with E-state index in [1.165, 1.54) is 0 Å². The first-order valence-corrected chi connectivity index (χ1v) is 9.12. The highest BCUT2D eigenvalue weighted by molar-refractivity contribution is 14.0. The van der Waals surface area contributed by atoms with E-state index >= 15 is 0 Å². The lowest BCUT2D eigenvalue weighted by atomic mass is 10.2. The van der Waals surface area contributed by atoms with Crippen LogP contribution in [0.4, 0.5) is 5.69 Å². The first-order valence-electron chi connectivity index (χ1n) is 9.12. The van der Waals surface area contributed by atoms with Gasteiger partial charge in [-0.2, -0.15) is 5.10 Å². The minimum absolute atomic E-state index is 0. The smallest absolute Gasteiger partial charge is 0.195 e. The maximum absolute atomic E-state index is 5.55. The SMILES string of the molecule is CCOc1ccc(NC(=NC)NCc2ccn(-c3ccccc3)n2)cc1OC.I. The number of aromatic nitrogens is 2. The van der Waals surface area contributed by atoms with Crippen molar-refractivity contribution >= 4 is 35.6 Å². The van der Waals surface area contributed by atoms with Crippen LogP contribution >= 0.6 is 24.0 Å². The quantitative estimate of drug-likeness (QED) is 0.287. The molecule has 3 aromatic rings. The summed E-state index contributed by atoms with van der Waals surface area (Å²) in [6.45, 7) is 3.08. The molecule has 1 aromatic heterocycles. The Morgan fingerprint density at radius 3 is 2.59 bits per heavy atom. The second-order valence-electron chi connectivity index (χ2n) is 5.94. The fourth-order valence-corrected chi connectivity index (χ4v) is 2.69. The van der Waals surface area contributed by atoms with Crippen LogP contribution in [0.25, 0.3) is 5.69 Å². The summed E-state index contributed by atoms with van der Waals surface area (Å²) in [6.07, 6.45) is 1.94. The number of ether oxygens (including phenoxy) is 2. The van der Waals surface area contributed by atoms with Gasteiger partial charge in [-0.25, -0.2) is 4.68 Å². The number of methoxy groups -OCH3 is 1. The van der Waals surface area contributed by atoms with Crippen LogP contribution in [0.5, 0.6) is 11.5 Å². The molecular formula is C21H26IN5O2. The van der Waals surface area contributed by atoms with Crippen LogP contribution in [0.3, 0.4) is 0 Å². The second kappa shape index (κ2) is 11.3. The van der Waals surface area contributed by atoms with Gasteiger partial charge in [0, 0.05) is 25.0 Å². The highest BCUT2D eigenvalue weighted by atomic mass is 127. The molecule has 2 N–H and O–H groups in total. The van der Waals surface area contributed by atoms with Crippen LogP contribution in [-0.4, -0.2) is 36.5 Å². The molecule has 2 aromatic carbocycles. The zero-order valence-corrected chi connectivity index (χ0v) is 19.1. The summed E-state index contributed by atoms with van der Waals surface area (Å²) in [5, 5.41) is 11.1. The van der Waals surface area contributed by atoms with Crippen molar-refractivity contribution < 1.29 is 9.47 Å². The van der Waals surface area contributed by atoms with Crippen molar-refractivity contribution in [3.05, 3.63) is 66.5 Å². The number of anilines is 1. The molecule has 0 atom stereocenters. The molecule has 0 radical (unpaired) electrons. The average molecular weight is 507 g/mol. The Hall–Kier alpha value is -2.75. The van der Waals surface area contributed by atoms with E-state index in [0.29, 0.717) is 30.6 Å². The second-order valence-corrected chi connectivity index (χ2v) is 5.94. The molecule has 0 aliphatic heterocycles. The van der Waals surface area contributed by atoms with Crippen LogP contribution in [0.2, 0.25) is 0 Å². The third kappa shape index (κ3) is 6.11. The highest BCUT2D eigenvalue weighted by Gasteiger charge is 2.08. The van der Waals surface area contributed by atoms with Gasteiger partial charge in [0.1, 0.15) is 0 Å². The van der Waals surface area contributed by atoms with Crippen LogP contribution in [0.1, 0.15) is 12.6 Å². The minimum Gasteiger partial charge on any atom is -0.493 e. The first kappa shape index (κ1) is 22.5. The van der Waals surface area contributed by atoms with Gasteiger partial charge in [-0.05, 0) is 37.3 Å². The molecule has 0 spiro atoms. The number of para-hydroxylation sites is 1. The van der Waals surface area contributed by atoms with Crippen molar-refractivity contribution in [3.8, 4) is 17.2 Å². The molecule has 0 bridgehead atoms. The zero-order valence-electron chi connectivity index (χ0n) is 16.8. The van der Waals surface area contributed by atoms with E-state index in [1.54, 1.807) is 14.2 Å². The largest absolute Gasteiger partial charge is 0.493 e. The number of nitrogens with zero attached hydrogens (tertiary/aromatic N) is 3. The zero-order chi connectivity index (χ0) is 19.8. The van der Waals surface area contributed by atoms with Crippen molar-refractivity contribution in [1.29, 1.82) is 0 Å². The van der Waals surface area contributed by atoms with Gasteiger partial charge in [-0.15, -0.1) is 24.0 Å². The first-order chi connectivity index (χ1) is 13.7. The molecule has 0 aliphatic rings. The number of nitrogens with one attached hydrogen (secondary N) is 2. The summed E-state index contributed by atoms with van der Waals surface area (Å²) < 4.78 is 12.8. The van der Waals surface area contributed by atoms with E-state index in [-0.39, 0.29) is 24.0 Å². The third-order valence-electron chi connectivity index (χ3n) is 4.05. The Labute approximate surface area is 188 Å². The third-order valence-corrected chi connectivity index (χ3v) is 4.05. The summed E-state index contributed by atoms with van der Waals surface area (Å²) in [6, 6.07) is 17.7. The van der Waals surface area contributed by atoms with E-state index in [2.05, 4.69) is 20.7 Å². The number of hydrogen-bond acceptors (Lipinski definition) is 4. The normalized spacial score (nSPS) is 10.8. The molecule has 154 valence electrons. The lowest BCUT2D eigenvalue weighted by Crippen LogP contribution is -2.30. The van der Waals surface area contributed by atoms with E-state index in [9.17, 15) is 0 Å². The van der Waals surface area contributed by atoms with Crippen molar-refractivity contribution in [2.75, 3.05) is 26.1 Å².